The van der Waals surface area contributed by atoms with Gasteiger partial charge in [0.15, 0.2) is 0 Å². The summed E-state index contributed by atoms with van der Waals surface area (Å²) in [7, 11) is 4.16. The van der Waals surface area contributed by atoms with Crippen LogP contribution < -0.4 is 0 Å². The zero-order valence-corrected chi connectivity index (χ0v) is 8.22. The highest BCUT2D eigenvalue weighted by molar-refractivity contribution is 4.68. The van der Waals surface area contributed by atoms with E-state index in [1.54, 1.807) is 0 Å². The lowest BCUT2D eigenvalue weighted by Gasteiger charge is -2.25. The van der Waals surface area contributed by atoms with E-state index in [0.717, 1.165) is 19.4 Å². The minimum Gasteiger partial charge on any atom is -0.396 e. The second-order valence-corrected chi connectivity index (χ2v) is 4.19. The lowest BCUT2D eigenvalue weighted by atomic mass is 9.86. The molecule has 2 heteroatoms. The fourth-order valence-corrected chi connectivity index (χ4v) is 0.954. The minimum atomic E-state index is 0.291. The fraction of sp³-hybridized carbons (Fsp3) is 1.00. The van der Waals surface area contributed by atoms with Gasteiger partial charge in [-0.05, 0) is 38.9 Å². The van der Waals surface area contributed by atoms with E-state index >= 15 is 0 Å². The number of aliphatic hydroxyl groups excluding tert-OH is 1. The highest BCUT2D eigenvalue weighted by Gasteiger charge is 2.16. The Balaban J connectivity index is 3.54. The summed E-state index contributed by atoms with van der Waals surface area (Å²) in [5, 5.41) is 8.75. The van der Waals surface area contributed by atoms with Crippen molar-refractivity contribution >= 4 is 0 Å². The average Bonchev–Trinajstić information content (AvgIpc) is 1.84. The summed E-state index contributed by atoms with van der Waals surface area (Å²) in [4.78, 5) is 2.18. The van der Waals surface area contributed by atoms with Crippen molar-refractivity contribution < 1.29 is 5.11 Å². The monoisotopic (exact) mass is 159 g/mol. The zero-order chi connectivity index (χ0) is 8.91. The molecule has 0 saturated heterocycles. The van der Waals surface area contributed by atoms with Crippen molar-refractivity contribution in [3.05, 3.63) is 0 Å². The molecule has 0 fully saturated rings. The Bertz CT molecular complexity index is 99.7. The Kier molecular flexibility index (Phi) is 4.69. The Labute approximate surface area is 70.2 Å². The Morgan fingerprint density at radius 1 is 1.18 bits per heavy atom. The van der Waals surface area contributed by atoms with Crippen molar-refractivity contribution in [1.29, 1.82) is 0 Å². The molecule has 0 aliphatic carbocycles. The molecule has 0 bridgehead atoms. The smallest absolute Gasteiger partial charge is 0.0436 e. The highest BCUT2D eigenvalue weighted by atomic mass is 16.3. The second-order valence-electron chi connectivity index (χ2n) is 4.19. The van der Waals surface area contributed by atoms with Gasteiger partial charge in [-0.2, -0.15) is 0 Å². The van der Waals surface area contributed by atoms with E-state index in [2.05, 4.69) is 32.8 Å². The van der Waals surface area contributed by atoms with Crippen LogP contribution in [-0.4, -0.2) is 37.3 Å². The standard InChI is InChI=1S/C9H21NO/c1-9(2,6-8-11)5-7-10(3)4/h11H,5-8H2,1-4H3. The maximum absolute atomic E-state index is 8.75. The molecule has 0 aliphatic heterocycles. The lowest BCUT2D eigenvalue weighted by Crippen LogP contribution is -2.22. The van der Waals surface area contributed by atoms with Crippen LogP contribution in [0.5, 0.6) is 0 Å². The van der Waals surface area contributed by atoms with Crippen molar-refractivity contribution in [2.24, 2.45) is 5.41 Å². The van der Waals surface area contributed by atoms with Gasteiger partial charge < -0.3 is 10.0 Å². The summed E-state index contributed by atoms with van der Waals surface area (Å²) in [5.41, 5.74) is 0.291. The van der Waals surface area contributed by atoms with E-state index in [1.807, 2.05) is 0 Å². The van der Waals surface area contributed by atoms with Gasteiger partial charge >= 0.3 is 0 Å². The first-order valence-electron chi connectivity index (χ1n) is 4.23. The predicted molar refractivity (Wildman–Crippen MR) is 48.7 cm³/mol. The molecule has 0 heterocycles. The van der Waals surface area contributed by atoms with Crippen LogP contribution in [0.1, 0.15) is 26.7 Å². The van der Waals surface area contributed by atoms with Crippen LogP contribution in [0.2, 0.25) is 0 Å². The van der Waals surface area contributed by atoms with Crippen LogP contribution in [-0.2, 0) is 0 Å². The van der Waals surface area contributed by atoms with Gasteiger partial charge in [0.2, 0.25) is 0 Å². The SMILES string of the molecule is CN(C)CCC(C)(C)CCO. The van der Waals surface area contributed by atoms with E-state index in [0.29, 0.717) is 12.0 Å². The molecule has 0 aromatic heterocycles. The third-order valence-corrected chi connectivity index (χ3v) is 2.02. The summed E-state index contributed by atoms with van der Waals surface area (Å²) in [5.74, 6) is 0. The van der Waals surface area contributed by atoms with Crippen LogP contribution >= 0.6 is 0 Å². The quantitative estimate of drug-likeness (QED) is 0.654. The summed E-state index contributed by atoms with van der Waals surface area (Å²) in [6.45, 7) is 5.81. The molecule has 1 N–H and O–H groups in total. The third-order valence-electron chi connectivity index (χ3n) is 2.02. The molecule has 0 rings (SSSR count). The van der Waals surface area contributed by atoms with Gasteiger partial charge in [0, 0.05) is 6.61 Å². The molecule has 0 aromatic rings. The average molecular weight is 159 g/mol. The Morgan fingerprint density at radius 2 is 1.73 bits per heavy atom. The lowest BCUT2D eigenvalue weighted by molar-refractivity contribution is 0.188. The van der Waals surface area contributed by atoms with E-state index in [1.165, 1.54) is 0 Å². The predicted octanol–water partition coefficient (Wildman–Crippen LogP) is 1.35. The number of rotatable bonds is 5. The van der Waals surface area contributed by atoms with Crippen molar-refractivity contribution in [2.75, 3.05) is 27.2 Å². The molecule has 0 unspecified atom stereocenters. The van der Waals surface area contributed by atoms with Gasteiger partial charge in [-0.15, -0.1) is 0 Å². The zero-order valence-electron chi connectivity index (χ0n) is 8.22. The maximum Gasteiger partial charge on any atom is 0.0436 e. The molecule has 0 saturated carbocycles. The second kappa shape index (κ2) is 4.73. The molecule has 0 aromatic carbocycles. The molecule has 0 amide bonds. The molecule has 68 valence electrons. The van der Waals surface area contributed by atoms with Gasteiger partial charge in [0.05, 0.1) is 0 Å². The normalized spacial score (nSPS) is 12.5. The Morgan fingerprint density at radius 3 is 2.09 bits per heavy atom. The largest absolute Gasteiger partial charge is 0.396 e. The van der Waals surface area contributed by atoms with Crippen molar-refractivity contribution in [1.82, 2.24) is 4.90 Å². The van der Waals surface area contributed by atoms with Crippen LogP contribution in [0.3, 0.4) is 0 Å². The van der Waals surface area contributed by atoms with Gasteiger partial charge in [-0.25, -0.2) is 0 Å². The van der Waals surface area contributed by atoms with E-state index in [-0.39, 0.29) is 0 Å². The minimum absolute atomic E-state index is 0.291. The summed E-state index contributed by atoms with van der Waals surface area (Å²) < 4.78 is 0. The molecular formula is C9H21NO. The Hall–Kier alpha value is -0.0800. The van der Waals surface area contributed by atoms with Crippen LogP contribution in [0, 0.1) is 5.41 Å². The maximum atomic E-state index is 8.75. The summed E-state index contributed by atoms with van der Waals surface area (Å²) >= 11 is 0. The summed E-state index contributed by atoms with van der Waals surface area (Å²) in [6, 6.07) is 0. The molecular weight excluding hydrogens is 138 g/mol. The van der Waals surface area contributed by atoms with Crippen molar-refractivity contribution in [3.8, 4) is 0 Å². The summed E-state index contributed by atoms with van der Waals surface area (Å²) in [6.07, 6.45) is 2.06. The molecule has 2 nitrogen and oxygen atoms in total. The van der Waals surface area contributed by atoms with Gasteiger partial charge in [-0.3, -0.25) is 0 Å². The molecule has 0 spiro atoms. The first-order chi connectivity index (χ1) is 4.98. The first kappa shape index (κ1) is 10.9. The van der Waals surface area contributed by atoms with Gasteiger partial charge in [0.1, 0.15) is 0 Å². The number of aliphatic hydroxyl groups is 1. The van der Waals surface area contributed by atoms with Gasteiger partial charge in [0.25, 0.3) is 0 Å². The number of hydrogen-bond acceptors (Lipinski definition) is 2. The van der Waals surface area contributed by atoms with E-state index in [9.17, 15) is 0 Å². The molecule has 0 aliphatic rings. The fourth-order valence-electron chi connectivity index (χ4n) is 0.954. The van der Waals surface area contributed by atoms with Crippen LogP contribution in [0.4, 0.5) is 0 Å². The van der Waals surface area contributed by atoms with Crippen LogP contribution in [0.25, 0.3) is 0 Å². The van der Waals surface area contributed by atoms with Crippen molar-refractivity contribution in [3.63, 3.8) is 0 Å². The topological polar surface area (TPSA) is 23.5 Å². The third kappa shape index (κ3) is 6.32. The van der Waals surface area contributed by atoms with E-state index < -0.39 is 0 Å². The molecule has 0 radical (unpaired) electrons. The highest BCUT2D eigenvalue weighted by Crippen LogP contribution is 2.24. The van der Waals surface area contributed by atoms with Crippen LogP contribution in [0.15, 0.2) is 0 Å². The molecule has 11 heavy (non-hydrogen) atoms. The molecule has 0 atom stereocenters. The number of nitrogens with zero attached hydrogens (tertiary/aromatic N) is 1. The van der Waals surface area contributed by atoms with Gasteiger partial charge in [-0.1, -0.05) is 13.8 Å². The van der Waals surface area contributed by atoms with Crippen molar-refractivity contribution in [2.45, 2.75) is 26.7 Å². The van der Waals surface area contributed by atoms with E-state index in [4.69, 9.17) is 5.11 Å². The number of hydrogen-bond donors (Lipinski definition) is 1. The first-order valence-corrected chi connectivity index (χ1v) is 4.23.